The number of hydrogen-bond acceptors (Lipinski definition) is 4. The minimum absolute atomic E-state index is 0.0982. The molecule has 110 valence electrons. The molecule has 2 aliphatic rings. The van der Waals surface area contributed by atoms with E-state index >= 15 is 0 Å². The van der Waals surface area contributed by atoms with Crippen molar-refractivity contribution in [1.82, 2.24) is 9.88 Å². The minimum atomic E-state index is -0.221. The van der Waals surface area contributed by atoms with Crippen LogP contribution in [0.5, 0.6) is 0 Å². The van der Waals surface area contributed by atoms with Gasteiger partial charge in [0.15, 0.2) is 0 Å². The Labute approximate surface area is 124 Å². The molecule has 2 fully saturated rings. The van der Waals surface area contributed by atoms with Gasteiger partial charge in [-0.1, -0.05) is 18.2 Å². The highest BCUT2D eigenvalue weighted by Crippen LogP contribution is 2.51. The number of nitrogen functional groups attached to an aromatic ring is 1. The number of benzene rings is 1. The fourth-order valence-electron chi connectivity index (χ4n) is 4.45. The van der Waals surface area contributed by atoms with Crippen molar-refractivity contribution >= 4 is 16.7 Å². The Bertz CT molecular complexity index is 701. The van der Waals surface area contributed by atoms with Crippen LogP contribution < -0.4 is 5.73 Å². The Morgan fingerprint density at radius 3 is 3.05 bits per heavy atom. The van der Waals surface area contributed by atoms with Gasteiger partial charge in [0.2, 0.25) is 0 Å². The number of hydrogen-bond donors (Lipinski definition) is 2. The van der Waals surface area contributed by atoms with E-state index in [1.807, 2.05) is 24.3 Å². The predicted molar refractivity (Wildman–Crippen MR) is 83.9 cm³/mol. The zero-order chi connectivity index (χ0) is 14.6. The SMILES string of the molecule is CN1C2CCC1(c1cc(N)nc3ccccc13)CC(O)C2. The summed E-state index contributed by atoms with van der Waals surface area (Å²) in [5.74, 6) is 0.565. The number of para-hydroxylation sites is 1. The lowest BCUT2D eigenvalue weighted by atomic mass is 9.79. The number of aromatic nitrogens is 1. The zero-order valence-corrected chi connectivity index (χ0v) is 12.3. The maximum absolute atomic E-state index is 10.3. The second-order valence-corrected chi connectivity index (χ2v) is 6.54. The average Bonchev–Trinajstić information content (AvgIpc) is 2.67. The summed E-state index contributed by atoms with van der Waals surface area (Å²) < 4.78 is 0. The molecule has 0 saturated carbocycles. The number of piperidine rings is 1. The summed E-state index contributed by atoms with van der Waals surface area (Å²) >= 11 is 0. The van der Waals surface area contributed by atoms with E-state index in [1.54, 1.807) is 0 Å². The Hall–Kier alpha value is -1.65. The summed E-state index contributed by atoms with van der Waals surface area (Å²) in [7, 11) is 2.19. The molecule has 1 aromatic carbocycles. The molecule has 4 rings (SSSR count). The predicted octanol–water partition coefficient (Wildman–Crippen LogP) is 2.26. The first-order chi connectivity index (χ1) is 10.1. The van der Waals surface area contributed by atoms with Crippen LogP contribution in [0.25, 0.3) is 10.9 Å². The molecule has 2 saturated heterocycles. The lowest BCUT2D eigenvalue weighted by molar-refractivity contribution is -0.00553. The molecule has 3 atom stereocenters. The smallest absolute Gasteiger partial charge is 0.124 e. The van der Waals surface area contributed by atoms with Gasteiger partial charge < -0.3 is 10.8 Å². The first-order valence-electron chi connectivity index (χ1n) is 7.67. The second-order valence-electron chi connectivity index (χ2n) is 6.54. The standard InChI is InChI=1S/C17H21N3O/c1-20-11-6-7-17(20,10-12(21)8-11)14-9-16(18)19-15-5-3-2-4-13(14)15/h2-5,9,11-12,21H,6-8,10H2,1H3,(H2,18,19). The van der Waals surface area contributed by atoms with Crippen LogP contribution in [0, 0.1) is 0 Å². The molecule has 3 N–H and O–H groups in total. The Morgan fingerprint density at radius 1 is 1.38 bits per heavy atom. The van der Waals surface area contributed by atoms with E-state index in [0.717, 1.165) is 36.6 Å². The van der Waals surface area contributed by atoms with Gasteiger partial charge in [-0.3, -0.25) is 4.90 Å². The first kappa shape index (κ1) is 13.0. The topological polar surface area (TPSA) is 62.4 Å². The van der Waals surface area contributed by atoms with Crippen molar-refractivity contribution in [2.75, 3.05) is 12.8 Å². The minimum Gasteiger partial charge on any atom is -0.393 e. The van der Waals surface area contributed by atoms with Crippen LogP contribution in [0.15, 0.2) is 30.3 Å². The largest absolute Gasteiger partial charge is 0.393 e. The first-order valence-corrected chi connectivity index (χ1v) is 7.67. The monoisotopic (exact) mass is 283 g/mol. The highest BCUT2D eigenvalue weighted by Gasteiger charge is 2.51. The lowest BCUT2D eigenvalue weighted by Crippen LogP contribution is -2.50. The number of aliphatic hydroxyl groups is 1. The van der Waals surface area contributed by atoms with E-state index in [-0.39, 0.29) is 11.6 Å². The van der Waals surface area contributed by atoms with Crippen molar-refractivity contribution < 1.29 is 5.11 Å². The highest BCUT2D eigenvalue weighted by atomic mass is 16.3. The Kier molecular flexibility index (Phi) is 2.75. The van der Waals surface area contributed by atoms with E-state index in [2.05, 4.69) is 23.0 Å². The van der Waals surface area contributed by atoms with Gasteiger partial charge >= 0.3 is 0 Å². The summed E-state index contributed by atoms with van der Waals surface area (Å²) in [5, 5.41) is 11.5. The van der Waals surface area contributed by atoms with Gasteiger partial charge in [-0.25, -0.2) is 4.98 Å². The molecular formula is C17H21N3O. The second kappa shape index (κ2) is 4.42. The lowest BCUT2D eigenvalue weighted by Gasteiger charge is -2.45. The highest BCUT2D eigenvalue weighted by molar-refractivity contribution is 5.85. The zero-order valence-electron chi connectivity index (χ0n) is 12.3. The normalized spacial score (nSPS) is 32.7. The molecule has 0 amide bonds. The van der Waals surface area contributed by atoms with Crippen LogP contribution >= 0.6 is 0 Å². The molecular weight excluding hydrogens is 262 g/mol. The molecule has 21 heavy (non-hydrogen) atoms. The van der Waals surface area contributed by atoms with Gasteiger partial charge in [0.1, 0.15) is 5.82 Å². The van der Waals surface area contributed by atoms with Crippen molar-refractivity contribution in [1.29, 1.82) is 0 Å². The molecule has 3 heterocycles. The van der Waals surface area contributed by atoms with Crippen LogP contribution in [0.1, 0.15) is 31.2 Å². The number of fused-ring (bicyclic) bond motifs is 3. The summed E-state index contributed by atoms with van der Waals surface area (Å²) in [4.78, 5) is 6.91. The van der Waals surface area contributed by atoms with Crippen molar-refractivity contribution in [3.05, 3.63) is 35.9 Å². The third-order valence-electron chi connectivity index (χ3n) is 5.47. The number of nitrogens with two attached hydrogens (primary N) is 1. The maximum atomic E-state index is 10.3. The number of aliphatic hydroxyl groups excluding tert-OH is 1. The molecule has 2 aromatic rings. The Balaban J connectivity index is 1.97. The summed E-state index contributed by atoms with van der Waals surface area (Å²) in [6.07, 6.45) is 3.68. The van der Waals surface area contributed by atoms with Crippen molar-refractivity contribution in [2.24, 2.45) is 0 Å². The average molecular weight is 283 g/mol. The van der Waals surface area contributed by atoms with Gasteiger partial charge in [-0.15, -0.1) is 0 Å². The quantitative estimate of drug-likeness (QED) is 0.842. The third-order valence-corrected chi connectivity index (χ3v) is 5.47. The number of pyridine rings is 1. The fraction of sp³-hybridized carbons (Fsp3) is 0.471. The van der Waals surface area contributed by atoms with E-state index < -0.39 is 0 Å². The van der Waals surface area contributed by atoms with Crippen LogP contribution in [-0.2, 0) is 5.54 Å². The summed E-state index contributed by atoms with van der Waals surface area (Å²) in [6, 6.07) is 10.7. The van der Waals surface area contributed by atoms with Crippen molar-refractivity contribution in [3.8, 4) is 0 Å². The van der Waals surface area contributed by atoms with Crippen molar-refractivity contribution in [3.63, 3.8) is 0 Å². The van der Waals surface area contributed by atoms with Crippen LogP contribution in [0.3, 0.4) is 0 Å². The third kappa shape index (κ3) is 1.79. The molecule has 0 radical (unpaired) electrons. The van der Waals surface area contributed by atoms with E-state index in [9.17, 15) is 5.11 Å². The van der Waals surface area contributed by atoms with E-state index in [1.165, 1.54) is 5.56 Å². The van der Waals surface area contributed by atoms with Gasteiger partial charge in [0.05, 0.1) is 11.6 Å². The maximum Gasteiger partial charge on any atom is 0.124 e. The van der Waals surface area contributed by atoms with Crippen LogP contribution in [-0.4, -0.2) is 34.2 Å². The number of nitrogens with zero attached hydrogens (tertiary/aromatic N) is 2. The molecule has 1 aromatic heterocycles. The summed E-state index contributed by atoms with van der Waals surface area (Å²) in [6.45, 7) is 0. The Morgan fingerprint density at radius 2 is 2.19 bits per heavy atom. The van der Waals surface area contributed by atoms with Gasteiger partial charge in [0.25, 0.3) is 0 Å². The molecule has 3 unspecified atom stereocenters. The fourth-order valence-corrected chi connectivity index (χ4v) is 4.45. The molecule has 4 heteroatoms. The van der Waals surface area contributed by atoms with Gasteiger partial charge in [0, 0.05) is 17.0 Å². The van der Waals surface area contributed by atoms with Gasteiger partial charge in [-0.2, -0.15) is 0 Å². The molecule has 2 aliphatic heterocycles. The summed E-state index contributed by atoms with van der Waals surface area (Å²) in [5.41, 5.74) is 8.12. The molecule has 2 bridgehead atoms. The van der Waals surface area contributed by atoms with Crippen molar-refractivity contribution in [2.45, 2.75) is 43.4 Å². The van der Waals surface area contributed by atoms with Gasteiger partial charge in [-0.05, 0) is 50.4 Å². The molecule has 4 nitrogen and oxygen atoms in total. The van der Waals surface area contributed by atoms with E-state index in [4.69, 9.17) is 5.73 Å². The van der Waals surface area contributed by atoms with Crippen LogP contribution in [0.2, 0.25) is 0 Å². The molecule has 0 aliphatic carbocycles. The van der Waals surface area contributed by atoms with E-state index in [0.29, 0.717) is 11.9 Å². The van der Waals surface area contributed by atoms with Crippen LogP contribution in [0.4, 0.5) is 5.82 Å². The number of anilines is 1. The molecule has 0 spiro atoms. The number of rotatable bonds is 1.